The first-order chi connectivity index (χ1) is 4.63. The highest BCUT2D eigenvalue weighted by Crippen LogP contribution is 1.98. The third kappa shape index (κ3) is 7.30. The molecule has 0 spiro atoms. The van der Waals surface area contributed by atoms with Crippen LogP contribution in [-0.4, -0.2) is 0 Å². The van der Waals surface area contributed by atoms with E-state index >= 15 is 0 Å². The molecule has 0 fully saturated rings. The van der Waals surface area contributed by atoms with Gasteiger partial charge in [0, 0.05) is 12.3 Å². The Morgan fingerprint density at radius 1 is 1.50 bits per heavy atom. The summed E-state index contributed by atoms with van der Waals surface area (Å²) >= 11 is 0. The van der Waals surface area contributed by atoms with Crippen molar-refractivity contribution < 1.29 is 0 Å². The predicted octanol–water partition coefficient (Wildman–Crippen LogP) is 3.00. The van der Waals surface area contributed by atoms with Crippen LogP contribution in [0.5, 0.6) is 0 Å². The first-order valence-electron chi connectivity index (χ1n) is 3.75. The summed E-state index contributed by atoms with van der Waals surface area (Å²) in [7, 11) is 0. The van der Waals surface area contributed by atoms with Gasteiger partial charge < -0.3 is 0 Å². The molecule has 0 aromatic carbocycles. The molecule has 56 valence electrons. The van der Waals surface area contributed by atoms with Crippen molar-refractivity contribution in [2.24, 2.45) is 5.92 Å². The molecule has 0 aromatic rings. The van der Waals surface area contributed by atoms with E-state index in [1.54, 1.807) is 0 Å². The third-order valence-corrected chi connectivity index (χ3v) is 1.07. The predicted molar refractivity (Wildman–Crippen MR) is 46.7 cm³/mol. The van der Waals surface area contributed by atoms with Crippen molar-refractivity contribution in [3.05, 3.63) is 12.2 Å². The average Bonchev–Trinajstić information content (AvgIpc) is 1.79. The zero-order valence-electron chi connectivity index (χ0n) is 7.20. The van der Waals surface area contributed by atoms with Gasteiger partial charge in [0.25, 0.3) is 0 Å². The van der Waals surface area contributed by atoms with Gasteiger partial charge in [0.05, 0.1) is 0 Å². The molecular weight excluding hydrogens is 120 g/mol. The normalized spacial score (nSPS) is 8.80. The lowest BCUT2D eigenvalue weighted by Crippen LogP contribution is -1.78. The SMILES string of the molecule is C=C(C)CCC#CC(C)C. The fourth-order valence-corrected chi connectivity index (χ4v) is 0.552. The fraction of sp³-hybridized carbons (Fsp3) is 0.600. The second-order valence-corrected chi connectivity index (χ2v) is 2.93. The summed E-state index contributed by atoms with van der Waals surface area (Å²) in [4.78, 5) is 0. The third-order valence-electron chi connectivity index (χ3n) is 1.07. The van der Waals surface area contributed by atoms with Gasteiger partial charge in [-0.05, 0) is 13.3 Å². The van der Waals surface area contributed by atoms with E-state index in [0.717, 1.165) is 12.8 Å². The Labute approximate surface area is 64.3 Å². The van der Waals surface area contributed by atoms with Crippen LogP contribution in [0.1, 0.15) is 33.6 Å². The molecule has 0 aliphatic heterocycles. The molecule has 0 radical (unpaired) electrons. The first-order valence-corrected chi connectivity index (χ1v) is 3.75. The molecule has 0 heterocycles. The standard InChI is InChI=1S/C10H16/c1-9(2)7-5-6-8-10(3)4/h10H,1,5,7H2,2-4H3. The average molecular weight is 136 g/mol. The highest BCUT2D eigenvalue weighted by Gasteiger charge is 1.83. The summed E-state index contributed by atoms with van der Waals surface area (Å²) in [5, 5.41) is 0. The van der Waals surface area contributed by atoms with Gasteiger partial charge >= 0.3 is 0 Å². The molecule has 0 bridgehead atoms. The van der Waals surface area contributed by atoms with Crippen LogP contribution in [0.3, 0.4) is 0 Å². The lowest BCUT2D eigenvalue weighted by Gasteiger charge is -1.90. The fourth-order valence-electron chi connectivity index (χ4n) is 0.552. The molecule has 10 heavy (non-hydrogen) atoms. The van der Waals surface area contributed by atoms with Crippen molar-refractivity contribution in [1.29, 1.82) is 0 Å². The van der Waals surface area contributed by atoms with Gasteiger partial charge in [0.2, 0.25) is 0 Å². The van der Waals surface area contributed by atoms with Gasteiger partial charge in [0.1, 0.15) is 0 Å². The minimum absolute atomic E-state index is 0.505. The van der Waals surface area contributed by atoms with Crippen molar-refractivity contribution in [2.45, 2.75) is 33.6 Å². The number of allylic oxidation sites excluding steroid dienone is 1. The van der Waals surface area contributed by atoms with Crippen molar-refractivity contribution in [3.8, 4) is 11.8 Å². The lowest BCUT2D eigenvalue weighted by molar-refractivity contribution is 0.862. The zero-order valence-corrected chi connectivity index (χ0v) is 7.20. The maximum absolute atomic E-state index is 3.80. The minimum Gasteiger partial charge on any atom is -0.103 e. The molecule has 0 saturated carbocycles. The molecule has 0 heteroatoms. The number of hydrogen-bond acceptors (Lipinski definition) is 0. The lowest BCUT2D eigenvalue weighted by atomic mass is 10.2. The van der Waals surface area contributed by atoms with Crippen LogP contribution in [0, 0.1) is 17.8 Å². The Hall–Kier alpha value is -0.700. The first kappa shape index (κ1) is 9.30. The molecule has 0 aromatic heterocycles. The Balaban J connectivity index is 3.38. The van der Waals surface area contributed by atoms with E-state index in [1.165, 1.54) is 5.57 Å². The Morgan fingerprint density at radius 2 is 2.10 bits per heavy atom. The summed E-state index contributed by atoms with van der Waals surface area (Å²) in [6.07, 6.45) is 2.01. The summed E-state index contributed by atoms with van der Waals surface area (Å²) in [5.74, 6) is 6.72. The number of rotatable bonds is 2. The Kier molecular flexibility index (Phi) is 4.76. The van der Waals surface area contributed by atoms with Gasteiger partial charge in [-0.3, -0.25) is 0 Å². The molecule has 0 nitrogen and oxygen atoms in total. The second-order valence-electron chi connectivity index (χ2n) is 2.93. The van der Waals surface area contributed by atoms with Crippen LogP contribution in [0.4, 0.5) is 0 Å². The van der Waals surface area contributed by atoms with E-state index in [-0.39, 0.29) is 0 Å². The molecule has 0 amide bonds. The summed E-state index contributed by atoms with van der Waals surface area (Å²) < 4.78 is 0. The molecule has 0 aliphatic carbocycles. The minimum atomic E-state index is 0.505. The van der Waals surface area contributed by atoms with Crippen molar-refractivity contribution in [1.82, 2.24) is 0 Å². The molecule has 0 rings (SSSR count). The molecule has 0 saturated heterocycles. The second kappa shape index (κ2) is 5.11. The molecule has 0 N–H and O–H groups in total. The molecule has 0 unspecified atom stereocenters. The van der Waals surface area contributed by atoms with E-state index < -0.39 is 0 Å². The molecule has 0 aliphatic rings. The van der Waals surface area contributed by atoms with E-state index in [4.69, 9.17) is 0 Å². The van der Waals surface area contributed by atoms with Crippen molar-refractivity contribution >= 4 is 0 Å². The van der Waals surface area contributed by atoms with Gasteiger partial charge in [-0.2, -0.15) is 0 Å². The van der Waals surface area contributed by atoms with Crippen molar-refractivity contribution in [3.63, 3.8) is 0 Å². The van der Waals surface area contributed by atoms with Crippen LogP contribution in [-0.2, 0) is 0 Å². The maximum atomic E-state index is 3.80. The van der Waals surface area contributed by atoms with E-state index in [9.17, 15) is 0 Å². The van der Waals surface area contributed by atoms with Crippen LogP contribution in [0.25, 0.3) is 0 Å². The highest BCUT2D eigenvalue weighted by molar-refractivity contribution is 5.04. The van der Waals surface area contributed by atoms with Crippen LogP contribution in [0.2, 0.25) is 0 Å². The van der Waals surface area contributed by atoms with Crippen LogP contribution < -0.4 is 0 Å². The zero-order chi connectivity index (χ0) is 7.98. The molecule has 0 atom stereocenters. The van der Waals surface area contributed by atoms with E-state index in [2.05, 4.69) is 32.3 Å². The summed E-state index contributed by atoms with van der Waals surface area (Å²) in [6, 6.07) is 0. The van der Waals surface area contributed by atoms with Crippen LogP contribution >= 0.6 is 0 Å². The molecular formula is C10H16. The Morgan fingerprint density at radius 3 is 2.50 bits per heavy atom. The highest BCUT2D eigenvalue weighted by atomic mass is 13.9. The van der Waals surface area contributed by atoms with Gasteiger partial charge in [-0.25, -0.2) is 0 Å². The smallest absolute Gasteiger partial charge is 0.0146 e. The topological polar surface area (TPSA) is 0 Å². The quantitative estimate of drug-likeness (QED) is 0.404. The summed E-state index contributed by atoms with van der Waals surface area (Å²) in [6.45, 7) is 10.1. The number of hydrogen-bond donors (Lipinski definition) is 0. The van der Waals surface area contributed by atoms with Gasteiger partial charge in [-0.1, -0.05) is 19.4 Å². The van der Waals surface area contributed by atoms with Gasteiger partial charge in [0.15, 0.2) is 0 Å². The maximum Gasteiger partial charge on any atom is 0.0146 e. The van der Waals surface area contributed by atoms with Gasteiger partial charge in [-0.15, -0.1) is 18.4 Å². The summed E-state index contributed by atoms with van der Waals surface area (Å²) in [5.41, 5.74) is 1.22. The van der Waals surface area contributed by atoms with Crippen molar-refractivity contribution in [2.75, 3.05) is 0 Å². The monoisotopic (exact) mass is 136 g/mol. The van der Waals surface area contributed by atoms with E-state index in [0.29, 0.717) is 5.92 Å². The van der Waals surface area contributed by atoms with Crippen LogP contribution in [0.15, 0.2) is 12.2 Å². The van der Waals surface area contributed by atoms with E-state index in [1.807, 2.05) is 6.92 Å². The largest absolute Gasteiger partial charge is 0.103 e. The Bertz CT molecular complexity index is 153.